The number of esters is 1. The second kappa shape index (κ2) is 22.3. The minimum Gasteiger partial charge on any atom is -0.459 e. The Bertz CT molecular complexity index is 1790. The Morgan fingerprint density at radius 1 is 0.954 bits per heavy atom. The zero-order valence-corrected chi connectivity index (χ0v) is 42.1. The molecule has 3 aliphatic rings. The van der Waals surface area contributed by atoms with Gasteiger partial charge in [-0.1, -0.05) is 45.4 Å². The maximum absolute atomic E-state index is 14.5. The molecule has 1 aromatic rings. The van der Waals surface area contributed by atoms with E-state index in [-0.39, 0.29) is 43.0 Å². The average molecular weight is 946 g/mol. The number of cyclic esters (lactones) is 1. The van der Waals surface area contributed by atoms with Crippen molar-refractivity contribution in [3.8, 4) is 0 Å². The molecule has 0 unspecified atom stereocenters. The Morgan fingerprint density at radius 3 is 2.17 bits per heavy atom. The smallest absolute Gasteiger partial charge is 0.311 e. The second-order valence-electron chi connectivity index (χ2n) is 20.1. The van der Waals surface area contributed by atoms with Crippen LogP contribution >= 0.6 is 0 Å². The lowest BCUT2D eigenvalue weighted by Gasteiger charge is -2.53. The zero-order chi connectivity index (χ0) is 49.0. The van der Waals surface area contributed by atoms with Crippen molar-refractivity contribution in [1.82, 2.24) is 14.9 Å². The SMILES string of the molecule is CCCNC[C@]1(O)[C@H](C)O[C@@H](O[C@H]2[C@H](C)[C@@H](O[C@@H]3O[C@H](C)C[C@H](N(C)S(=O)(=O)c4ccc(C)cc4)[C@H]3O)[C@](C)(O)C[C@@H](C)CN[C@H](C)[C@@H](O)[C@](C)(O)[C@@H](CC)OC(=O)[C@@H]2C)C[C@@]1(C)OC. The summed E-state index contributed by atoms with van der Waals surface area (Å²) in [5.74, 6) is -3.11. The summed E-state index contributed by atoms with van der Waals surface area (Å²) in [6.45, 7) is 22.0. The van der Waals surface area contributed by atoms with E-state index in [1.807, 2.05) is 20.8 Å². The van der Waals surface area contributed by atoms with Crippen molar-refractivity contribution in [2.24, 2.45) is 17.8 Å². The van der Waals surface area contributed by atoms with Crippen molar-refractivity contribution >= 4 is 16.0 Å². The van der Waals surface area contributed by atoms with Gasteiger partial charge in [0.25, 0.3) is 0 Å². The number of likely N-dealkylation sites (N-methyl/N-ethyl adjacent to an activating group) is 1. The summed E-state index contributed by atoms with van der Waals surface area (Å²) in [4.78, 5) is 14.5. The molecule has 3 aliphatic heterocycles. The van der Waals surface area contributed by atoms with Gasteiger partial charge >= 0.3 is 5.97 Å². The maximum atomic E-state index is 14.5. The lowest BCUT2D eigenvalue weighted by molar-refractivity contribution is -0.336. The van der Waals surface area contributed by atoms with Crippen molar-refractivity contribution in [3.05, 3.63) is 29.8 Å². The molecule has 0 aromatic heterocycles. The van der Waals surface area contributed by atoms with Gasteiger partial charge in [-0.05, 0) is 112 Å². The van der Waals surface area contributed by atoms with Crippen LogP contribution in [0.4, 0.5) is 0 Å². The topological polar surface area (TPSA) is 235 Å². The second-order valence-corrected chi connectivity index (χ2v) is 22.1. The van der Waals surface area contributed by atoms with Gasteiger partial charge in [0.05, 0.1) is 46.9 Å². The minimum absolute atomic E-state index is 0.0234. The van der Waals surface area contributed by atoms with Crippen molar-refractivity contribution in [2.45, 2.75) is 210 Å². The van der Waals surface area contributed by atoms with Crippen LogP contribution in [-0.4, -0.2) is 168 Å². The summed E-state index contributed by atoms with van der Waals surface area (Å²) in [5, 5.41) is 66.7. The van der Waals surface area contributed by atoms with Crippen LogP contribution < -0.4 is 10.6 Å². The Hall–Kier alpha value is -1.88. The Balaban J connectivity index is 1.82. The summed E-state index contributed by atoms with van der Waals surface area (Å²) in [7, 11) is -1.17. The summed E-state index contributed by atoms with van der Waals surface area (Å²) in [6, 6.07) is 4.78. The molecule has 1 aromatic carbocycles. The van der Waals surface area contributed by atoms with E-state index in [9.17, 15) is 38.7 Å². The van der Waals surface area contributed by atoms with Crippen molar-refractivity contribution in [1.29, 1.82) is 0 Å². The van der Waals surface area contributed by atoms with Crippen LogP contribution in [0.5, 0.6) is 0 Å². The van der Waals surface area contributed by atoms with Crippen LogP contribution in [0.25, 0.3) is 0 Å². The predicted octanol–water partition coefficient (Wildman–Crippen LogP) is 3.00. The van der Waals surface area contributed by atoms with Crippen LogP contribution in [-0.2, 0) is 43.2 Å². The summed E-state index contributed by atoms with van der Waals surface area (Å²) in [5.41, 5.74) is -5.43. The molecule has 4 rings (SSSR count). The molecule has 3 saturated heterocycles. The van der Waals surface area contributed by atoms with Gasteiger partial charge in [-0.25, -0.2) is 8.42 Å². The van der Waals surface area contributed by atoms with E-state index in [0.29, 0.717) is 13.1 Å². The van der Waals surface area contributed by atoms with E-state index in [1.165, 1.54) is 33.2 Å². The fourth-order valence-electron chi connectivity index (χ4n) is 10.1. The number of carbonyl (C=O) groups excluding carboxylic acids is 1. The minimum atomic E-state index is -4.09. The third kappa shape index (κ3) is 12.3. The third-order valence-electron chi connectivity index (χ3n) is 14.5. The quantitative estimate of drug-likeness (QED) is 0.111. The van der Waals surface area contributed by atoms with Gasteiger partial charge in [0, 0.05) is 39.1 Å². The fraction of sp³-hybridized carbons (Fsp3) is 0.851. The molecule has 3 fully saturated rings. The largest absolute Gasteiger partial charge is 0.459 e. The number of nitrogens with zero attached hydrogens (tertiary/aromatic N) is 1. The first-order valence-corrected chi connectivity index (χ1v) is 24.9. The van der Waals surface area contributed by atoms with Crippen LogP contribution in [0.1, 0.15) is 114 Å². The first kappa shape index (κ1) is 55.7. The van der Waals surface area contributed by atoms with Crippen molar-refractivity contribution < 1.29 is 67.2 Å². The standard InChI is InChI=1S/C47H83N3O14S/c1-15-21-48-26-47(56)33(9)61-37(24-45(47,11)59-14)63-39-30(6)41(64-43-38(51)35(22-29(5)60-43)50(13)65(57,58)34-19-17-27(3)18-20-34)44(10,54)23-28(4)25-49-32(8)40(52)46(12,55)36(16-2)62-42(53)31(39)7/h17-20,28-33,35-41,43,48-49,51-52,54-56H,15-16,21-26H2,1-14H3/t28-,29-,30+,31-,32-,33+,35+,36-,37+,38-,39+,40-,41-,43+,44-,45-,46-,47+/m1/s1. The number of rotatable bonds is 13. The molecule has 0 spiro atoms. The lowest BCUT2D eigenvalue weighted by atomic mass is 9.75. The molecular weight excluding hydrogens is 863 g/mol. The molecule has 0 saturated carbocycles. The van der Waals surface area contributed by atoms with Crippen LogP contribution in [0, 0.1) is 24.7 Å². The highest BCUT2D eigenvalue weighted by molar-refractivity contribution is 7.89. The number of hydrogen-bond donors (Lipinski definition) is 7. The van der Waals surface area contributed by atoms with Gasteiger partial charge < -0.3 is 64.6 Å². The Labute approximate surface area is 388 Å². The predicted molar refractivity (Wildman–Crippen MR) is 244 cm³/mol. The lowest BCUT2D eigenvalue weighted by Crippen LogP contribution is -2.70. The normalized spacial score (nSPS) is 43.1. The summed E-state index contributed by atoms with van der Waals surface area (Å²) < 4.78 is 67.5. The number of hydrogen-bond acceptors (Lipinski definition) is 16. The van der Waals surface area contributed by atoms with Crippen LogP contribution in [0.2, 0.25) is 0 Å². The first-order valence-electron chi connectivity index (χ1n) is 23.5. The van der Waals surface area contributed by atoms with E-state index in [2.05, 4.69) is 10.6 Å². The number of sulfonamides is 1. The number of aliphatic hydroxyl groups excluding tert-OH is 2. The monoisotopic (exact) mass is 946 g/mol. The van der Waals surface area contributed by atoms with E-state index >= 15 is 0 Å². The fourth-order valence-corrected chi connectivity index (χ4v) is 11.5. The molecule has 0 aliphatic carbocycles. The van der Waals surface area contributed by atoms with E-state index in [4.69, 9.17) is 28.4 Å². The molecule has 18 heteroatoms. The molecule has 17 nitrogen and oxygen atoms in total. The number of nitrogens with one attached hydrogen (secondary N) is 2. The van der Waals surface area contributed by atoms with E-state index < -0.39 is 118 Å². The Kier molecular flexibility index (Phi) is 19.1. The highest BCUT2D eigenvalue weighted by Crippen LogP contribution is 2.43. The van der Waals surface area contributed by atoms with E-state index in [0.717, 1.165) is 16.3 Å². The maximum Gasteiger partial charge on any atom is 0.311 e. The third-order valence-corrected chi connectivity index (χ3v) is 16.4. The number of ether oxygens (including phenoxy) is 6. The number of aliphatic hydroxyl groups is 5. The van der Waals surface area contributed by atoms with Gasteiger partial charge in [0.2, 0.25) is 10.0 Å². The highest BCUT2D eigenvalue weighted by Gasteiger charge is 2.58. The van der Waals surface area contributed by atoms with Crippen molar-refractivity contribution in [2.75, 3.05) is 33.8 Å². The molecule has 0 bridgehead atoms. The van der Waals surface area contributed by atoms with Gasteiger partial charge in [-0.2, -0.15) is 4.31 Å². The van der Waals surface area contributed by atoms with Gasteiger partial charge in [0.1, 0.15) is 35.1 Å². The zero-order valence-electron chi connectivity index (χ0n) is 41.3. The molecule has 0 radical (unpaired) electrons. The average Bonchev–Trinajstić information content (AvgIpc) is 3.24. The van der Waals surface area contributed by atoms with Crippen LogP contribution in [0.15, 0.2) is 29.2 Å². The number of carbonyl (C=O) groups is 1. The molecule has 376 valence electrons. The summed E-state index contributed by atoms with van der Waals surface area (Å²) >= 11 is 0. The number of methoxy groups -OCH3 is 1. The highest BCUT2D eigenvalue weighted by atomic mass is 32.2. The summed E-state index contributed by atoms with van der Waals surface area (Å²) in [6.07, 6.45) is -9.18. The van der Waals surface area contributed by atoms with Crippen molar-refractivity contribution in [3.63, 3.8) is 0 Å². The Morgan fingerprint density at radius 2 is 1.58 bits per heavy atom. The molecule has 65 heavy (non-hydrogen) atoms. The van der Waals surface area contributed by atoms with Gasteiger partial charge in [-0.15, -0.1) is 0 Å². The molecular formula is C47H83N3O14S. The van der Waals surface area contributed by atoms with Crippen LogP contribution in [0.3, 0.4) is 0 Å². The number of benzene rings is 1. The molecule has 0 amide bonds. The van der Waals surface area contributed by atoms with Gasteiger partial charge in [0.15, 0.2) is 12.6 Å². The van der Waals surface area contributed by atoms with E-state index in [1.54, 1.807) is 67.5 Å². The molecule has 3 heterocycles. The molecule has 18 atom stereocenters. The number of aryl methyl sites for hydroxylation is 1. The first-order chi connectivity index (χ1) is 30.1. The van der Waals surface area contributed by atoms with Gasteiger partial charge in [-0.3, -0.25) is 4.79 Å². The molecule has 7 N–H and O–H groups in total.